The van der Waals surface area contributed by atoms with E-state index < -0.39 is 0 Å². The molecule has 0 saturated carbocycles. The lowest BCUT2D eigenvalue weighted by Crippen LogP contribution is -2.45. The molecular weight excluding hydrogens is 460 g/mol. The normalized spacial score (nSPS) is 22.0. The fraction of sp³-hybridized carbons (Fsp3) is 0.333. The topological polar surface area (TPSA) is 40.6 Å². The molecule has 2 aromatic carbocycles. The van der Waals surface area contributed by atoms with E-state index in [9.17, 15) is 9.59 Å². The predicted octanol–water partition coefficient (Wildman–Crippen LogP) is 6.41. The number of hydrogen-bond acceptors (Lipinski definition) is 4. The summed E-state index contributed by atoms with van der Waals surface area (Å²) in [5.74, 6) is 0.212. The zero-order valence-electron chi connectivity index (χ0n) is 17.6. The van der Waals surface area contributed by atoms with E-state index in [-0.39, 0.29) is 23.2 Å². The monoisotopic (exact) mass is 484 g/mol. The lowest BCUT2D eigenvalue weighted by Gasteiger charge is -2.45. The zero-order valence-corrected chi connectivity index (χ0v) is 20.0. The quantitative estimate of drug-likeness (QED) is 0.472. The van der Waals surface area contributed by atoms with Crippen LogP contribution in [0.4, 0.5) is 10.5 Å². The highest BCUT2D eigenvalue weighted by Crippen LogP contribution is 2.43. The van der Waals surface area contributed by atoms with Crippen LogP contribution in [0, 0.1) is 0 Å². The van der Waals surface area contributed by atoms with E-state index in [0.29, 0.717) is 10.8 Å². The number of carbonyl (C=O) groups is 2. The molecule has 2 heterocycles. The maximum Gasteiger partial charge on any atom is 0.293 e. The molecule has 1 fully saturated rings. The molecule has 0 aromatic heterocycles. The largest absolute Gasteiger partial charge is 0.369 e. The van der Waals surface area contributed by atoms with E-state index in [2.05, 4.69) is 60.8 Å². The molecule has 2 amide bonds. The average molecular weight is 485 g/mol. The van der Waals surface area contributed by atoms with E-state index in [1.165, 1.54) is 16.2 Å². The lowest BCUT2D eigenvalue weighted by atomic mass is 9.80. The van der Waals surface area contributed by atoms with Crippen molar-refractivity contribution in [3.8, 4) is 0 Å². The van der Waals surface area contributed by atoms with Crippen LogP contribution in [0.15, 0.2) is 51.8 Å². The van der Waals surface area contributed by atoms with Gasteiger partial charge in [0, 0.05) is 22.7 Å². The number of rotatable bonds is 3. The Kier molecular flexibility index (Phi) is 5.58. The molecule has 156 valence electrons. The SMILES string of the molecule is C[C@@H]1CC(C)(C)N(C)c2ccc(/C=C3\SC(=O)N(Cc4ccc(Br)cc4)C3=O)cc21. The van der Waals surface area contributed by atoms with Gasteiger partial charge in [-0.05, 0) is 85.0 Å². The lowest BCUT2D eigenvalue weighted by molar-refractivity contribution is -0.123. The number of nitrogens with zero attached hydrogens (tertiary/aromatic N) is 2. The molecule has 2 aromatic rings. The molecule has 0 spiro atoms. The number of fused-ring (bicyclic) bond motifs is 1. The maximum absolute atomic E-state index is 12.9. The van der Waals surface area contributed by atoms with Gasteiger partial charge in [-0.3, -0.25) is 14.5 Å². The van der Waals surface area contributed by atoms with Crippen LogP contribution in [0.5, 0.6) is 0 Å². The van der Waals surface area contributed by atoms with Crippen molar-refractivity contribution in [1.82, 2.24) is 4.90 Å². The fourth-order valence-corrected chi connectivity index (χ4v) is 5.35. The Morgan fingerprint density at radius 2 is 1.87 bits per heavy atom. The van der Waals surface area contributed by atoms with Gasteiger partial charge in [0.1, 0.15) is 0 Å². The first kappa shape index (κ1) is 21.2. The van der Waals surface area contributed by atoms with Crippen molar-refractivity contribution in [2.75, 3.05) is 11.9 Å². The Morgan fingerprint density at radius 3 is 2.57 bits per heavy atom. The first-order valence-electron chi connectivity index (χ1n) is 10.0. The van der Waals surface area contributed by atoms with Crippen LogP contribution < -0.4 is 4.90 Å². The molecule has 1 atom stereocenters. The third kappa shape index (κ3) is 3.95. The first-order valence-corrected chi connectivity index (χ1v) is 11.6. The molecule has 0 N–H and O–H groups in total. The summed E-state index contributed by atoms with van der Waals surface area (Å²) in [7, 11) is 2.14. The van der Waals surface area contributed by atoms with Crippen molar-refractivity contribution in [3.05, 3.63) is 68.5 Å². The molecule has 0 radical (unpaired) electrons. The number of carbonyl (C=O) groups excluding carboxylic acids is 2. The molecule has 4 rings (SSSR count). The van der Waals surface area contributed by atoms with Crippen molar-refractivity contribution in [3.63, 3.8) is 0 Å². The van der Waals surface area contributed by atoms with Gasteiger partial charge in [0.25, 0.3) is 11.1 Å². The minimum absolute atomic E-state index is 0.115. The molecule has 1 saturated heterocycles. The van der Waals surface area contributed by atoms with Crippen LogP contribution in [-0.4, -0.2) is 28.6 Å². The molecule has 6 heteroatoms. The Hall–Kier alpha value is -2.05. The van der Waals surface area contributed by atoms with Gasteiger partial charge >= 0.3 is 0 Å². The minimum Gasteiger partial charge on any atom is -0.369 e. The van der Waals surface area contributed by atoms with Crippen LogP contribution in [-0.2, 0) is 11.3 Å². The molecule has 2 aliphatic rings. The highest BCUT2D eigenvalue weighted by Gasteiger charge is 2.36. The molecule has 0 aliphatic carbocycles. The van der Waals surface area contributed by atoms with Crippen molar-refractivity contribution >= 4 is 50.6 Å². The molecule has 0 bridgehead atoms. The summed E-state index contributed by atoms with van der Waals surface area (Å²) in [6, 6.07) is 14.0. The van der Waals surface area contributed by atoms with Gasteiger partial charge in [-0.1, -0.05) is 41.1 Å². The number of amides is 2. The van der Waals surface area contributed by atoms with E-state index >= 15 is 0 Å². The van der Waals surface area contributed by atoms with Crippen LogP contribution in [0.1, 0.15) is 49.8 Å². The van der Waals surface area contributed by atoms with Crippen LogP contribution in [0.25, 0.3) is 6.08 Å². The summed E-state index contributed by atoms with van der Waals surface area (Å²) in [6.07, 6.45) is 2.92. The van der Waals surface area contributed by atoms with Gasteiger partial charge < -0.3 is 4.90 Å². The summed E-state index contributed by atoms with van der Waals surface area (Å²) >= 11 is 4.42. The third-order valence-corrected chi connectivity index (χ3v) is 7.52. The van der Waals surface area contributed by atoms with Gasteiger partial charge in [0.2, 0.25) is 0 Å². The number of halogens is 1. The van der Waals surface area contributed by atoms with Crippen molar-refractivity contribution in [1.29, 1.82) is 0 Å². The number of hydrogen-bond donors (Lipinski definition) is 0. The minimum atomic E-state index is -0.225. The molecule has 0 unspecified atom stereocenters. The number of anilines is 1. The standard InChI is InChI=1S/C24H25BrN2O2S/c1-15-13-24(2,3)26(4)20-10-7-17(11-19(15)20)12-21-22(28)27(23(29)30-21)14-16-5-8-18(25)9-6-16/h5-12,15H,13-14H2,1-4H3/b21-12-/t15-/m1/s1. The molecule has 30 heavy (non-hydrogen) atoms. The molecule has 2 aliphatic heterocycles. The highest BCUT2D eigenvalue weighted by molar-refractivity contribution is 9.10. The number of imide groups is 1. The Labute approximate surface area is 190 Å². The van der Waals surface area contributed by atoms with E-state index in [1.54, 1.807) is 0 Å². The van der Waals surface area contributed by atoms with Gasteiger partial charge in [0.05, 0.1) is 11.4 Å². The summed E-state index contributed by atoms with van der Waals surface area (Å²) in [5.41, 5.74) is 4.53. The third-order valence-electron chi connectivity index (χ3n) is 6.08. The van der Waals surface area contributed by atoms with Crippen LogP contribution >= 0.6 is 27.7 Å². The van der Waals surface area contributed by atoms with Crippen LogP contribution in [0.2, 0.25) is 0 Å². The second-order valence-corrected chi connectivity index (χ2v) is 10.6. The Morgan fingerprint density at radius 1 is 1.17 bits per heavy atom. The zero-order chi connectivity index (χ0) is 21.6. The summed E-state index contributed by atoms with van der Waals surface area (Å²) in [4.78, 5) is 29.5. The second kappa shape index (κ2) is 7.89. The van der Waals surface area contributed by atoms with E-state index in [0.717, 1.165) is 33.8 Å². The first-order chi connectivity index (χ1) is 14.2. The fourth-order valence-electron chi connectivity index (χ4n) is 4.25. The molecule has 4 nitrogen and oxygen atoms in total. The number of thioether (sulfide) groups is 1. The smallest absolute Gasteiger partial charge is 0.293 e. The molecular formula is C24H25BrN2O2S. The van der Waals surface area contributed by atoms with E-state index in [4.69, 9.17) is 0 Å². The maximum atomic E-state index is 12.9. The van der Waals surface area contributed by atoms with Crippen LogP contribution in [0.3, 0.4) is 0 Å². The highest BCUT2D eigenvalue weighted by atomic mass is 79.9. The predicted molar refractivity (Wildman–Crippen MR) is 128 cm³/mol. The summed E-state index contributed by atoms with van der Waals surface area (Å²) in [5, 5.41) is -0.220. The van der Waals surface area contributed by atoms with Gasteiger partial charge in [-0.2, -0.15) is 0 Å². The summed E-state index contributed by atoms with van der Waals surface area (Å²) in [6.45, 7) is 7.07. The second-order valence-electron chi connectivity index (χ2n) is 8.69. The Balaban J connectivity index is 1.58. The van der Waals surface area contributed by atoms with Crippen molar-refractivity contribution in [2.45, 2.75) is 45.2 Å². The van der Waals surface area contributed by atoms with Crippen molar-refractivity contribution in [2.24, 2.45) is 0 Å². The average Bonchev–Trinajstić information content (AvgIpc) is 2.95. The van der Waals surface area contributed by atoms with Crippen molar-refractivity contribution < 1.29 is 9.59 Å². The number of benzene rings is 2. The summed E-state index contributed by atoms with van der Waals surface area (Å²) < 4.78 is 0.968. The van der Waals surface area contributed by atoms with E-state index in [1.807, 2.05) is 36.4 Å². The van der Waals surface area contributed by atoms with Gasteiger partial charge in [0.15, 0.2) is 0 Å². The Bertz CT molecular complexity index is 1050. The van der Waals surface area contributed by atoms with Gasteiger partial charge in [-0.25, -0.2) is 0 Å². The van der Waals surface area contributed by atoms with Gasteiger partial charge in [-0.15, -0.1) is 0 Å².